The minimum Gasteiger partial charge on any atom is -0.383 e. The van der Waals surface area contributed by atoms with Gasteiger partial charge in [-0.2, -0.15) is 0 Å². The van der Waals surface area contributed by atoms with Crippen LogP contribution in [0.5, 0.6) is 0 Å². The summed E-state index contributed by atoms with van der Waals surface area (Å²) in [6.45, 7) is 25.0. The summed E-state index contributed by atoms with van der Waals surface area (Å²) >= 11 is 0. The lowest BCUT2D eigenvalue weighted by atomic mass is 9.78. The van der Waals surface area contributed by atoms with E-state index in [9.17, 15) is 0 Å². The van der Waals surface area contributed by atoms with Crippen LogP contribution in [-0.4, -0.2) is 13.1 Å². The molecule has 0 heterocycles. The van der Waals surface area contributed by atoms with E-state index in [1.54, 1.807) is 0 Å². The van der Waals surface area contributed by atoms with E-state index in [1.807, 2.05) is 0 Å². The summed E-state index contributed by atoms with van der Waals surface area (Å²) < 4.78 is 0. The van der Waals surface area contributed by atoms with E-state index in [4.69, 9.17) is 0 Å². The van der Waals surface area contributed by atoms with Crippen molar-refractivity contribution in [2.75, 3.05) is 23.7 Å². The van der Waals surface area contributed by atoms with Crippen LogP contribution in [0.1, 0.15) is 129 Å². The second kappa shape index (κ2) is 16.9. The molecule has 0 unspecified atom stereocenters. The Kier molecular flexibility index (Phi) is 12.1. The highest BCUT2D eigenvalue weighted by atomic mass is 15.0. The summed E-state index contributed by atoms with van der Waals surface area (Å²) in [5, 5.41) is 8.20. The quantitative estimate of drug-likeness (QED) is 0.117. The van der Waals surface area contributed by atoms with Gasteiger partial charge < -0.3 is 10.6 Å². The molecule has 6 aromatic carbocycles. The molecule has 2 heteroatoms. The molecule has 0 saturated heterocycles. The Morgan fingerprint density at radius 3 is 0.722 bits per heavy atom. The smallest absolute Gasteiger partial charge is 0.0423 e. The van der Waals surface area contributed by atoms with Gasteiger partial charge in [0.25, 0.3) is 0 Å². The summed E-state index contributed by atoms with van der Waals surface area (Å²) in [4.78, 5) is 0. The molecule has 6 aromatic rings. The zero-order valence-electron chi connectivity index (χ0n) is 34.3. The van der Waals surface area contributed by atoms with Gasteiger partial charge in [-0.1, -0.05) is 149 Å². The maximum atomic E-state index is 4.10. The molecule has 0 aliphatic heterocycles. The molecule has 0 aromatic heterocycles. The predicted molar refractivity (Wildman–Crippen MR) is 234 cm³/mol. The van der Waals surface area contributed by atoms with E-state index < -0.39 is 0 Å². The molecule has 278 valence electrons. The average Bonchev–Trinajstić information content (AvgIpc) is 3.21. The molecule has 0 aliphatic rings. The highest BCUT2D eigenvalue weighted by Gasteiger charge is 2.28. The zero-order valence-corrected chi connectivity index (χ0v) is 34.3. The lowest BCUT2D eigenvalue weighted by Gasteiger charge is -2.31. The fraction of sp³-hybridized carbons (Fsp3) is 0.308. The first-order valence-electron chi connectivity index (χ1n) is 20.0. The number of benzene rings is 6. The molecule has 54 heavy (non-hydrogen) atoms. The monoisotopic (exact) mass is 712 g/mol. The zero-order chi connectivity index (χ0) is 38.5. The van der Waals surface area contributed by atoms with E-state index >= 15 is 0 Å². The highest BCUT2D eigenvalue weighted by molar-refractivity contribution is 5.72. The average molecular weight is 713 g/mol. The van der Waals surface area contributed by atoms with Gasteiger partial charge in [0.05, 0.1) is 0 Å². The van der Waals surface area contributed by atoms with E-state index in [0.717, 1.165) is 13.1 Å². The normalized spacial score (nSPS) is 13.6. The molecule has 2 N–H and O–H groups in total. The van der Waals surface area contributed by atoms with Crippen LogP contribution >= 0.6 is 0 Å². The van der Waals surface area contributed by atoms with Crippen LogP contribution in [0.25, 0.3) is 0 Å². The topological polar surface area (TPSA) is 24.1 Å². The highest BCUT2D eigenvalue weighted by Crippen LogP contribution is 2.45. The Morgan fingerprint density at radius 1 is 0.315 bits per heavy atom. The Labute approximate surface area is 326 Å². The van der Waals surface area contributed by atoms with Crippen molar-refractivity contribution < 1.29 is 0 Å². The number of hydrogen-bond donors (Lipinski definition) is 2. The van der Waals surface area contributed by atoms with Crippen LogP contribution in [-0.2, 0) is 0 Å². The second-order valence-corrected chi connectivity index (χ2v) is 15.5. The fourth-order valence-corrected chi connectivity index (χ4v) is 8.97. The summed E-state index contributed by atoms with van der Waals surface area (Å²) in [5.74, 6) is 0.951. The molecule has 0 bridgehead atoms. The van der Waals surface area contributed by atoms with Crippen molar-refractivity contribution >= 4 is 11.4 Å². The SMILES string of the molecule is Cc1c(C)c([C@H](C)c2ccccc2)c(NCCNc2c([C@H](C)c3ccccc3)c(C)c(C)c(C)c2[C@H](C)c2ccccc2)c([C@H](C)c2ccccc2)c1C. The molecule has 6 rings (SSSR count). The molecule has 0 aliphatic carbocycles. The lowest BCUT2D eigenvalue weighted by Crippen LogP contribution is -2.22. The van der Waals surface area contributed by atoms with Crippen LogP contribution in [0.2, 0.25) is 0 Å². The largest absolute Gasteiger partial charge is 0.383 e. The molecule has 0 spiro atoms. The first-order valence-corrected chi connectivity index (χ1v) is 20.0. The maximum Gasteiger partial charge on any atom is 0.0423 e. The lowest BCUT2D eigenvalue weighted by molar-refractivity contribution is 0.854. The van der Waals surface area contributed by atoms with Gasteiger partial charge in [0.2, 0.25) is 0 Å². The van der Waals surface area contributed by atoms with Gasteiger partial charge in [0.1, 0.15) is 0 Å². The van der Waals surface area contributed by atoms with Gasteiger partial charge in [-0.25, -0.2) is 0 Å². The summed E-state index contributed by atoms with van der Waals surface area (Å²) in [6.07, 6.45) is 0. The van der Waals surface area contributed by atoms with Gasteiger partial charge >= 0.3 is 0 Å². The van der Waals surface area contributed by atoms with Crippen molar-refractivity contribution in [2.45, 2.75) is 92.9 Å². The Bertz CT molecular complexity index is 1860. The van der Waals surface area contributed by atoms with Gasteiger partial charge in [0, 0.05) is 48.1 Å². The molecular weight excluding hydrogens is 653 g/mol. The number of nitrogens with one attached hydrogen (secondary N) is 2. The molecular formula is C52H60N2. The first kappa shape index (κ1) is 38.6. The number of anilines is 2. The van der Waals surface area contributed by atoms with Gasteiger partial charge in [-0.05, 0) is 119 Å². The Morgan fingerprint density at radius 2 is 0.519 bits per heavy atom. The van der Waals surface area contributed by atoms with E-state index in [2.05, 4.69) is 201 Å². The third-order valence-electron chi connectivity index (χ3n) is 12.6. The molecule has 2 nitrogen and oxygen atoms in total. The standard InChI is InChI=1S/C52H60N2/c1-33-35(3)47(39(7)43-23-15-11-16-24-43)51(48(36(33)4)40(8)44-25-17-12-18-26-44)53-31-32-54-52-49(41(9)45-27-19-13-20-28-45)37(5)34(2)38(6)50(52)42(10)46-29-21-14-22-30-46/h11-30,39-42,53-54H,31-32H2,1-10H3/t39-,40-,41-,42-/m1/s1. The predicted octanol–water partition coefficient (Wildman–Crippen LogP) is 13.7. The van der Waals surface area contributed by atoms with Crippen LogP contribution in [0.15, 0.2) is 121 Å². The number of rotatable bonds is 13. The fourth-order valence-electron chi connectivity index (χ4n) is 8.97. The van der Waals surface area contributed by atoms with Crippen molar-refractivity contribution in [3.63, 3.8) is 0 Å². The van der Waals surface area contributed by atoms with Crippen molar-refractivity contribution in [1.29, 1.82) is 0 Å². The van der Waals surface area contributed by atoms with E-state index in [-0.39, 0.29) is 23.7 Å². The van der Waals surface area contributed by atoms with Crippen molar-refractivity contribution in [2.24, 2.45) is 0 Å². The van der Waals surface area contributed by atoms with Gasteiger partial charge in [-0.15, -0.1) is 0 Å². The maximum absolute atomic E-state index is 4.10. The Hall–Kier alpha value is -5.08. The molecule has 4 atom stereocenters. The molecule has 0 fully saturated rings. The first-order chi connectivity index (χ1) is 26.0. The van der Waals surface area contributed by atoms with E-state index in [0.29, 0.717) is 0 Å². The second-order valence-electron chi connectivity index (χ2n) is 15.5. The summed E-state index contributed by atoms with van der Waals surface area (Å²) in [7, 11) is 0. The third-order valence-corrected chi connectivity index (χ3v) is 12.6. The van der Waals surface area contributed by atoms with Gasteiger partial charge in [-0.3, -0.25) is 0 Å². The van der Waals surface area contributed by atoms with Crippen LogP contribution in [0.3, 0.4) is 0 Å². The Balaban J connectivity index is 1.44. The van der Waals surface area contributed by atoms with Crippen molar-refractivity contribution in [3.8, 4) is 0 Å². The molecule has 0 radical (unpaired) electrons. The van der Waals surface area contributed by atoms with Gasteiger partial charge in [0.15, 0.2) is 0 Å². The number of hydrogen-bond acceptors (Lipinski definition) is 2. The molecule has 0 amide bonds. The van der Waals surface area contributed by atoms with Crippen LogP contribution in [0.4, 0.5) is 11.4 Å². The van der Waals surface area contributed by atoms with Crippen LogP contribution < -0.4 is 10.6 Å². The summed E-state index contributed by atoms with van der Waals surface area (Å²) in [5.41, 5.74) is 21.9. The van der Waals surface area contributed by atoms with E-state index in [1.165, 1.54) is 89.3 Å². The van der Waals surface area contributed by atoms with Crippen molar-refractivity contribution in [1.82, 2.24) is 0 Å². The third kappa shape index (κ3) is 7.62. The minimum atomic E-state index is 0.238. The minimum absolute atomic E-state index is 0.238. The summed E-state index contributed by atoms with van der Waals surface area (Å²) in [6, 6.07) is 44.0. The van der Waals surface area contributed by atoms with Crippen LogP contribution in [0, 0.1) is 41.5 Å². The molecule has 0 saturated carbocycles. The van der Waals surface area contributed by atoms with Crippen molar-refractivity contribution in [3.05, 3.63) is 199 Å².